The van der Waals surface area contributed by atoms with Crippen molar-refractivity contribution in [1.29, 1.82) is 0 Å². The molecule has 3 rings (SSSR count). The predicted octanol–water partition coefficient (Wildman–Crippen LogP) is 4.40. The van der Waals surface area contributed by atoms with Crippen LogP contribution in [0, 0.1) is 0 Å². The average Bonchev–Trinajstić information content (AvgIpc) is 2.68. The Morgan fingerprint density at radius 3 is 2.37 bits per heavy atom. The Hall–Kier alpha value is -2.54. The Bertz CT molecular complexity index is 797. The van der Waals surface area contributed by atoms with Gasteiger partial charge in [-0.15, -0.1) is 0 Å². The van der Waals surface area contributed by atoms with Gasteiger partial charge in [-0.1, -0.05) is 18.2 Å². The van der Waals surface area contributed by atoms with Crippen LogP contribution in [0.4, 0.5) is 18.9 Å². The van der Waals surface area contributed by atoms with Gasteiger partial charge in [-0.3, -0.25) is 4.79 Å². The highest BCUT2D eigenvalue weighted by molar-refractivity contribution is 5.99. The molecule has 2 aromatic rings. The van der Waals surface area contributed by atoms with Gasteiger partial charge >= 0.3 is 6.18 Å². The highest BCUT2D eigenvalue weighted by atomic mass is 19.4. The molecule has 0 radical (unpaired) electrons. The second-order valence-electron chi connectivity index (χ2n) is 6.46. The Morgan fingerprint density at radius 1 is 1.11 bits per heavy atom. The lowest BCUT2D eigenvalue weighted by Gasteiger charge is -2.36. The number of hydrogen-bond acceptors (Lipinski definition) is 3. The minimum Gasteiger partial charge on any atom is -0.497 e. The van der Waals surface area contributed by atoms with Crippen molar-refractivity contribution >= 4 is 11.6 Å². The molecule has 0 spiro atoms. The van der Waals surface area contributed by atoms with Gasteiger partial charge in [0.15, 0.2) is 0 Å². The predicted molar refractivity (Wildman–Crippen MR) is 94.8 cm³/mol. The maximum atomic E-state index is 13.1. The molecule has 7 heteroatoms. The van der Waals surface area contributed by atoms with Gasteiger partial charge < -0.3 is 14.8 Å². The van der Waals surface area contributed by atoms with Crippen LogP contribution in [0.15, 0.2) is 48.5 Å². The van der Waals surface area contributed by atoms with E-state index >= 15 is 0 Å². The van der Waals surface area contributed by atoms with Gasteiger partial charge in [0.25, 0.3) is 0 Å². The van der Waals surface area contributed by atoms with Crippen LogP contribution in [0.5, 0.6) is 5.75 Å². The molecule has 1 amide bonds. The number of carbonyl (C=O) groups excluding carboxylic acids is 1. The zero-order chi connectivity index (χ0) is 19.5. The Kier molecular flexibility index (Phi) is 5.41. The fourth-order valence-corrected chi connectivity index (χ4v) is 3.30. The van der Waals surface area contributed by atoms with E-state index in [1.807, 2.05) is 12.1 Å². The van der Waals surface area contributed by atoms with Crippen LogP contribution in [0.2, 0.25) is 0 Å². The van der Waals surface area contributed by atoms with E-state index in [4.69, 9.17) is 9.47 Å². The lowest BCUT2D eigenvalue weighted by molar-refractivity contribution is -0.137. The van der Waals surface area contributed by atoms with Crippen molar-refractivity contribution in [2.24, 2.45) is 0 Å². The van der Waals surface area contributed by atoms with Gasteiger partial charge in [0.05, 0.1) is 18.1 Å². The molecular formula is C20H20F3NO3. The molecule has 2 aromatic carbocycles. The smallest absolute Gasteiger partial charge is 0.416 e. The summed E-state index contributed by atoms with van der Waals surface area (Å²) in [5.74, 6) is 0.328. The Balaban J connectivity index is 1.90. The van der Waals surface area contributed by atoms with E-state index in [0.717, 1.165) is 17.7 Å². The van der Waals surface area contributed by atoms with Crippen LogP contribution in [-0.4, -0.2) is 26.2 Å². The number of hydrogen-bond donors (Lipinski definition) is 1. The summed E-state index contributed by atoms with van der Waals surface area (Å²) in [4.78, 5) is 13.1. The van der Waals surface area contributed by atoms with E-state index in [2.05, 4.69) is 5.32 Å². The fourth-order valence-electron chi connectivity index (χ4n) is 3.30. The molecule has 0 saturated carbocycles. The van der Waals surface area contributed by atoms with Crippen molar-refractivity contribution in [2.45, 2.75) is 24.4 Å². The Morgan fingerprint density at radius 2 is 1.78 bits per heavy atom. The molecule has 0 bridgehead atoms. The molecule has 1 heterocycles. The van der Waals surface area contributed by atoms with Gasteiger partial charge in [0.2, 0.25) is 5.91 Å². The van der Waals surface area contributed by atoms with Crippen LogP contribution < -0.4 is 10.1 Å². The van der Waals surface area contributed by atoms with Gasteiger partial charge in [0, 0.05) is 18.9 Å². The van der Waals surface area contributed by atoms with Crippen molar-refractivity contribution in [3.8, 4) is 5.75 Å². The normalized spacial score (nSPS) is 16.6. The molecule has 0 unspecified atom stereocenters. The topological polar surface area (TPSA) is 47.6 Å². The van der Waals surface area contributed by atoms with Crippen molar-refractivity contribution < 1.29 is 27.4 Å². The summed E-state index contributed by atoms with van der Waals surface area (Å²) in [7, 11) is 1.56. The number of rotatable bonds is 4. The molecular weight excluding hydrogens is 359 g/mol. The van der Waals surface area contributed by atoms with Crippen molar-refractivity contribution in [3.05, 3.63) is 59.7 Å². The molecule has 4 nitrogen and oxygen atoms in total. The van der Waals surface area contributed by atoms with E-state index in [0.29, 0.717) is 31.8 Å². The average molecular weight is 379 g/mol. The van der Waals surface area contributed by atoms with Crippen molar-refractivity contribution in [1.82, 2.24) is 0 Å². The van der Waals surface area contributed by atoms with E-state index in [1.165, 1.54) is 12.1 Å². The number of alkyl halides is 3. The first-order valence-corrected chi connectivity index (χ1v) is 8.56. The molecule has 1 fully saturated rings. The highest BCUT2D eigenvalue weighted by Crippen LogP contribution is 2.37. The number of carbonyl (C=O) groups is 1. The second kappa shape index (κ2) is 7.60. The monoisotopic (exact) mass is 379 g/mol. The van der Waals surface area contributed by atoms with Crippen LogP contribution in [0.25, 0.3) is 0 Å². The summed E-state index contributed by atoms with van der Waals surface area (Å²) in [5.41, 5.74) is -0.755. The number of anilines is 1. The first-order valence-electron chi connectivity index (χ1n) is 8.56. The summed E-state index contributed by atoms with van der Waals surface area (Å²) in [6, 6.07) is 11.8. The minimum absolute atomic E-state index is 0.120. The number of nitrogens with one attached hydrogen (secondary N) is 1. The summed E-state index contributed by atoms with van der Waals surface area (Å²) in [5, 5.41) is 2.67. The summed E-state index contributed by atoms with van der Waals surface area (Å²) in [6.45, 7) is 0.810. The molecule has 0 atom stereocenters. The van der Waals surface area contributed by atoms with E-state index in [1.54, 1.807) is 19.2 Å². The third-order valence-electron chi connectivity index (χ3n) is 4.87. The number of ether oxygens (including phenoxy) is 2. The quantitative estimate of drug-likeness (QED) is 0.857. The third-order valence-corrected chi connectivity index (χ3v) is 4.87. The molecule has 1 N–H and O–H groups in total. The molecule has 27 heavy (non-hydrogen) atoms. The van der Waals surface area contributed by atoms with Gasteiger partial charge in [-0.05, 0) is 48.7 Å². The maximum Gasteiger partial charge on any atom is 0.416 e. The SMILES string of the molecule is COc1ccc(C2(C(=O)Nc3cccc(C(F)(F)F)c3)CCOCC2)cc1. The van der Waals surface area contributed by atoms with Crippen molar-refractivity contribution in [3.63, 3.8) is 0 Å². The van der Waals surface area contributed by atoms with Crippen LogP contribution in [-0.2, 0) is 21.1 Å². The molecule has 0 aromatic heterocycles. The standard InChI is InChI=1S/C20H20F3NO3/c1-26-17-7-5-14(6-8-17)19(9-11-27-12-10-19)18(25)24-16-4-2-3-15(13-16)20(21,22)23/h2-8,13H,9-12H2,1H3,(H,24,25). The van der Waals surface area contributed by atoms with Crippen LogP contribution in [0.3, 0.4) is 0 Å². The van der Waals surface area contributed by atoms with Crippen molar-refractivity contribution in [2.75, 3.05) is 25.6 Å². The molecule has 1 aliphatic heterocycles. The summed E-state index contributed by atoms with van der Waals surface area (Å²) < 4.78 is 49.4. The molecule has 144 valence electrons. The van der Waals surface area contributed by atoms with E-state index < -0.39 is 17.2 Å². The summed E-state index contributed by atoms with van der Waals surface area (Å²) >= 11 is 0. The first-order chi connectivity index (χ1) is 12.8. The number of methoxy groups -OCH3 is 1. The maximum absolute atomic E-state index is 13.1. The van der Waals surface area contributed by atoms with Crippen LogP contribution >= 0.6 is 0 Å². The van der Waals surface area contributed by atoms with Crippen LogP contribution in [0.1, 0.15) is 24.0 Å². The minimum atomic E-state index is -4.47. The molecule has 1 saturated heterocycles. The number of benzene rings is 2. The van der Waals surface area contributed by atoms with Gasteiger partial charge in [-0.25, -0.2) is 0 Å². The highest BCUT2D eigenvalue weighted by Gasteiger charge is 2.42. The van der Waals surface area contributed by atoms with E-state index in [-0.39, 0.29) is 11.6 Å². The molecule has 0 aliphatic carbocycles. The number of halogens is 3. The zero-order valence-corrected chi connectivity index (χ0v) is 14.8. The van der Waals surface area contributed by atoms with E-state index in [9.17, 15) is 18.0 Å². The number of amides is 1. The first kappa shape index (κ1) is 19.2. The lowest BCUT2D eigenvalue weighted by Crippen LogP contribution is -2.44. The lowest BCUT2D eigenvalue weighted by atomic mass is 9.73. The second-order valence-corrected chi connectivity index (χ2v) is 6.46. The molecule has 1 aliphatic rings. The fraction of sp³-hybridized carbons (Fsp3) is 0.350. The van der Waals surface area contributed by atoms with Gasteiger partial charge in [0.1, 0.15) is 5.75 Å². The Labute approximate surface area is 155 Å². The zero-order valence-electron chi connectivity index (χ0n) is 14.8. The largest absolute Gasteiger partial charge is 0.497 e. The summed E-state index contributed by atoms with van der Waals surface area (Å²) in [6.07, 6.45) is -3.57. The third kappa shape index (κ3) is 4.08. The van der Waals surface area contributed by atoms with Gasteiger partial charge in [-0.2, -0.15) is 13.2 Å².